The number of carboxylic acids is 1. The van der Waals surface area contributed by atoms with Gasteiger partial charge in [0.2, 0.25) is 12.3 Å². The van der Waals surface area contributed by atoms with E-state index in [1.54, 1.807) is 0 Å². The fourth-order valence-corrected chi connectivity index (χ4v) is 2.69. The Balaban J connectivity index is 3.14. The summed E-state index contributed by atoms with van der Waals surface area (Å²) in [5, 5.41) is 53.1. The topological polar surface area (TPSA) is 186 Å². The molecule has 0 aliphatic carbocycles. The number of amides is 2. The SMILES string of the molecule is C[C@H](O)[C@H](NC=O)[C@@H]1O[C@](O)(C(=O)O)C[C@H](O)[C@@H]1NC(=O)C[C@@H](C)O. The van der Waals surface area contributed by atoms with Gasteiger partial charge in [0.1, 0.15) is 6.10 Å². The number of aliphatic carboxylic acids is 1. The minimum Gasteiger partial charge on any atom is -0.477 e. The summed E-state index contributed by atoms with van der Waals surface area (Å²) in [6.07, 6.45) is -6.02. The first-order valence-corrected chi connectivity index (χ1v) is 7.68. The Hall–Kier alpha value is -1.79. The first kappa shape index (κ1) is 21.3. The van der Waals surface area contributed by atoms with Crippen molar-refractivity contribution in [1.82, 2.24) is 10.6 Å². The van der Waals surface area contributed by atoms with Crippen molar-refractivity contribution in [2.75, 3.05) is 0 Å². The summed E-state index contributed by atoms with van der Waals surface area (Å²) in [5.74, 6) is -5.18. The van der Waals surface area contributed by atoms with Crippen molar-refractivity contribution < 1.29 is 44.7 Å². The van der Waals surface area contributed by atoms with Crippen LogP contribution in [0.4, 0.5) is 0 Å². The molecule has 1 heterocycles. The van der Waals surface area contributed by atoms with Crippen molar-refractivity contribution in [3.8, 4) is 0 Å². The summed E-state index contributed by atoms with van der Waals surface area (Å²) in [7, 11) is 0. The number of rotatable bonds is 8. The van der Waals surface area contributed by atoms with Crippen molar-refractivity contribution in [1.29, 1.82) is 0 Å². The molecule has 1 aliphatic heterocycles. The van der Waals surface area contributed by atoms with E-state index in [0.717, 1.165) is 0 Å². The van der Waals surface area contributed by atoms with Crippen molar-refractivity contribution in [2.45, 2.75) is 69.0 Å². The summed E-state index contributed by atoms with van der Waals surface area (Å²) in [6, 6.07) is -2.46. The minimum absolute atomic E-state index is 0.232. The van der Waals surface area contributed by atoms with E-state index in [0.29, 0.717) is 0 Å². The monoisotopic (exact) mass is 364 g/mol. The molecule has 0 saturated carbocycles. The lowest BCUT2D eigenvalue weighted by atomic mass is 9.87. The van der Waals surface area contributed by atoms with Crippen LogP contribution in [0.5, 0.6) is 0 Å². The second-order valence-corrected chi connectivity index (χ2v) is 6.14. The molecule has 7 atom stereocenters. The van der Waals surface area contributed by atoms with Crippen LogP contribution in [-0.2, 0) is 19.1 Å². The Morgan fingerprint density at radius 3 is 2.40 bits per heavy atom. The maximum Gasteiger partial charge on any atom is 0.364 e. The first-order chi connectivity index (χ1) is 11.5. The smallest absolute Gasteiger partial charge is 0.364 e. The van der Waals surface area contributed by atoms with Crippen LogP contribution in [0.1, 0.15) is 26.7 Å². The van der Waals surface area contributed by atoms with E-state index in [2.05, 4.69) is 10.6 Å². The standard InChI is InChI=1S/C14H24N2O9/c1-6(18)3-9(21)16-11-8(20)4-14(24,13(22)23)25-12(11)10(7(2)19)15-5-17/h5-8,10-12,18-20,24H,3-4H2,1-2H3,(H,15,17)(H,16,21)(H,22,23)/t6-,7+,8+,10+,11+,12+,14+/m1/s1. The van der Waals surface area contributed by atoms with Gasteiger partial charge in [-0.1, -0.05) is 0 Å². The molecule has 0 bridgehead atoms. The van der Waals surface area contributed by atoms with E-state index in [1.807, 2.05) is 0 Å². The van der Waals surface area contributed by atoms with Crippen molar-refractivity contribution in [2.24, 2.45) is 0 Å². The van der Waals surface area contributed by atoms with Crippen LogP contribution in [0.15, 0.2) is 0 Å². The Kier molecular flexibility index (Phi) is 7.26. The molecule has 1 saturated heterocycles. The van der Waals surface area contributed by atoms with Crippen LogP contribution in [0, 0.1) is 0 Å². The molecule has 1 aliphatic rings. The van der Waals surface area contributed by atoms with Crippen molar-refractivity contribution >= 4 is 18.3 Å². The summed E-state index contributed by atoms with van der Waals surface area (Å²) < 4.78 is 5.14. The van der Waals surface area contributed by atoms with Crippen LogP contribution < -0.4 is 10.6 Å². The normalized spacial score (nSPS) is 33.0. The lowest BCUT2D eigenvalue weighted by Crippen LogP contribution is -2.69. The molecule has 0 aromatic rings. The Morgan fingerprint density at radius 2 is 1.96 bits per heavy atom. The van der Waals surface area contributed by atoms with Crippen molar-refractivity contribution in [3.05, 3.63) is 0 Å². The number of nitrogens with one attached hydrogen (secondary N) is 2. The fraction of sp³-hybridized carbons (Fsp3) is 0.786. The molecule has 0 aromatic heterocycles. The maximum absolute atomic E-state index is 11.9. The first-order valence-electron chi connectivity index (χ1n) is 7.68. The van der Waals surface area contributed by atoms with Gasteiger partial charge in [-0.25, -0.2) is 4.79 Å². The quantitative estimate of drug-likeness (QED) is 0.216. The highest BCUT2D eigenvalue weighted by Gasteiger charge is 2.53. The molecule has 2 amide bonds. The second-order valence-electron chi connectivity index (χ2n) is 6.14. The van der Waals surface area contributed by atoms with Crippen LogP contribution in [0.25, 0.3) is 0 Å². The third-order valence-corrected chi connectivity index (χ3v) is 3.86. The lowest BCUT2D eigenvalue weighted by Gasteiger charge is -2.45. The molecule has 0 radical (unpaired) electrons. The number of carbonyl (C=O) groups excluding carboxylic acids is 2. The lowest BCUT2D eigenvalue weighted by molar-refractivity contribution is -0.283. The zero-order valence-electron chi connectivity index (χ0n) is 13.8. The zero-order valence-corrected chi connectivity index (χ0v) is 13.8. The zero-order chi connectivity index (χ0) is 19.4. The number of ether oxygens (including phenoxy) is 1. The van der Waals surface area contributed by atoms with Gasteiger partial charge in [0.15, 0.2) is 0 Å². The van der Waals surface area contributed by atoms with Gasteiger partial charge in [-0.2, -0.15) is 0 Å². The molecule has 11 nitrogen and oxygen atoms in total. The van der Waals surface area contributed by atoms with Gasteiger partial charge in [-0.3, -0.25) is 9.59 Å². The fourth-order valence-electron chi connectivity index (χ4n) is 2.69. The summed E-state index contributed by atoms with van der Waals surface area (Å²) in [5.41, 5.74) is 0. The highest BCUT2D eigenvalue weighted by molar-refractivity contribution is 5.77. The number of aliphatic hydroxyl groups is 4. The van der Waals surface area contributed by atoms with Gasteiger partial charge in [0.05, 0.1) is 36.8 Å². The second kappa shape index (κ2) is 8.54. The molecule has 1 rings (SSSR count). The predicted molar refractivity (Wildman–Crippen MR) is 81.0 cm³/mol. The number of carbonyl (C=O) groups is 3. The minimum atomic E-state index is -2.76. The number of carboxylic acid groups (broad SMARTS) is 1. The molecule has 0 aromatic carbocycles. The van der Waals surface area contributed by atoms with Crippen LogP contribution in [-0.4, -0.2) is 86.1 Å². The summed E-state index contributed by atoms with van der Waals surface area (Å²) >= 11 is 0. The van der Waals surface area contributed by atoms with Crippen molar-refractivity contribution in [3.63, 3.8) is 0 Å². The largest absolute Gasteiger partial charge is 0.477 e. The van der Waals surface area contributed by atoms with E-state index in [9.17, 15) is 34.8 Å². The molecule has 11 heteroatoms. The van der Waals surface area contributed by atoms with Gasteiger partial charge in [0, 0.05) is 6.42 Å². The van der Waals surface area contributed by atoms with E-state index in [4.69, 9.17) is 9.84 Å². The molecule has 7 N–H and O–H groups in total. The average molecular weight is 364 g/mol. The Morgan fingerprint density at radius 1 is 1.36 bits per heavy atom. The predicted octanol–water partition coefficient (Wildman–Crippen LogP) is -3.34. The number of hydrogen-bond donors (Lipinski definition) is 7. The van der Waals surface area contributed by atoms with Crippen LogP contribution >= 0.6 is 0 Å². The van der Waals surface area contributed by atoms with Gasteiger partial charge >= 0.3 is 5.97 Å². The molecular weight excluding hydrogens is 340 g/mol. The van der Waals surface area contributed by atoms with Crippen LogP contribution in [0.2, 0.25) is 0 Å². The van der Waals surface area contributed by atoms with Crippen LogP contribution in [0.3, 0.4) is 0 Å². The highest BCUT2D eigenvalue weighted by atomic mass is 16.7. The summed E-state index contributed by atoms with van der Waals surface area (Å²) in [4.78, 5) is 33.9. The summed E-state index contributed by atoms with van der Waals surface area (Å²) in [6.45, 7) is 2.65. The third-order valence-electron chi connectivity index (χ3n) is 3.86. The molecule has 0 spiro atoms. The number of hydrogen-bond acceptors (Lipinski definition) is 8. The Bertz CT molecular complexity index is 499. The molecule has 1 fully saturated rings. The van der Waals surface area contributed by atoms with E-state index < -0.39 is 60.6 Å². The highest BCUT2D eigenvalue weighted by Crippen LogP contribution is 2.30. The van der Waals surface area contributed by atoms with E-state index in [-0.39, 0.29) is 12.8 Å². The van der Waals surface area contributed by atoms with Gasteiger partial charge in [0.25, 0.3) is 5.79 Å². The molecule has 25 heavy (non-hydrogen) atoms. The van der Waals surface area contributed by atoms with Gasteiger partial charge < -0.3 is 40.9 Å². The van der Waals surface area contributed by atoms with E-state index in [1.165, 1.54) is 13.8 Å². The van der Waals surface area contributed by atoms with Gasteiger partial charge in [-0.15, -0.1) is 0 Å². The molecule has 144 valence electrons. The number of aliphatic hydroxyl groups excluding tert-OH is 3. The van der Waals surface area contributed by atoms with Gasteiger partial charge in [-0.05, 0) is 13.8 Å². The maximum atomic E-state index is 11.9. The van der Waals surface area contributed by atoms with E-state index >= 15 is 0 Å². The average Bonchev–Trinajstić information content (AvgIpc) is 2.46. The Labute approximate surface area is 143 Å². The third kappa shape index (κ3) is 5.34. The molecular formula is C14H24N2O9. The molecule has 0 unspecified atom stereocenters.